The molecule has 5 aromatic rings. The number of rotatable bonds is 5. The highest BCUT2D eigenvalue weighted by Gasteiger charge is 2.23. The summed E-state index contributed by atoms with van der Waals surface area (Å²) in [6.45, 7) is 3.58. The number of carbonyl (C=O) groups excluding carboxylic acids is 1. The standard InChI is InChI=1S/C25H19F2N5O2S/c1-14-7-10-17(11-8-14)31-23(34)18-5-3-4-6-21(18)32-24(31)29-30-25(32)35-15(2)22(33)28-20-13-16(26)9-12-19(20)27/h3-13,15H,1-2H3,(H,28,33). The third kappa shape index (κ3) is 4.17. The summed E-state index contributed by atoms with van der Waals surface area (Å²) in [6.07, 6.45) is 0. The Bertz CT molecular complexity index is 1650. The summed E-state index contributed by atoms with van der Waals surface area (Å²) in [5.74, 6) is -1.64. The average molecular weight is 492 g/mol. The van der Waals surface area contributed by atoms with Crippen LogP contribution in [0.1, 0.15) is 12.5 Å². The van der Waals surface area contributed by atoms with Gasteiger partial charge in [0.2, 0.25) is 11.7 Å². The fourth-order valence-corrected chi connectivity index (χ4v) is 4.58. The summed E-state index contributed by atoms with van der Waals surface area (Å²) < 4.78 is 30.7. The second-order valence-corrected chi connectivity index (χ2v) is 9.29. The van der Waals surface area contributed by atoms with Crippen molar-refractivity contribution in [1.29, 1.82) is 0 Å². The van der Waals surface area contributed by atoms with Crippen LogP contribution in [-0.2, 0) is 4.79 Å². The number of hydrogen-bond acceptors (Lipinski definition) is 5. The first kappa shape index (κ1) is 22.7. The van der Waals surface area contributed by atoms with Crippen molar-refractivity contribution >= 4 is 40.0 Å². The molecule has 1 N–H and O–H groups in total. The normalized spacial score (nSPS) is 12.2. The fraction of sp³-hybridized carbons (Fsp3) is 0.120. The molecule has 10 heteroatoms. The maximum Gasteiger partial charge on any atom is 0.267 e. The molecule has 5 rings (SSSR count). The largest absolute Gasteiger partial charge is 0.323 e. The molecule has 0 saturated carbocycles. The Kier molecular flexibility index (Phi) is 5.81. The minimum Gasteiger partial charge on any atom is -0.323 e. The Morgan fingerprint density at radius 2 is 1.77 bits per heavy atom. The smallest absolute Gasteiger partial charge is 0.267 e. The molecule has 0 spiro atoms. The summed E-state index contributed by atoms with van der Waals surface area (Å²) in [5, 5.41) is 11.0. The van der Waals surface area contributed by atoms with Gasteiger partial charge in [0.25, 0.3) is 5.56 Å². The molecular formula is C25H19F2N5O2S. The summed E-state index contributed by atoms with van der Waals surface area (Å²) >= 11 is 1.09. The lowest BCUT2D eigenvalue weighted by Gasteiger charge is -2.14. The molecule has 0 aliphatic carbocycles. The Balaban J connectivity index is 1.58. The minimum absolute atomic E-state index is 0.242. The lowest BCUT2D eigenvalue weighted by Crippen LogP contribution is -2.24. The van der Waals surface area contributed by atoms with Gasteiger partial charge in [-0.1, -0.05) is 41.6 Å². The van der Waals surface area contributed by atoms with Crippen molar-refractivity contribution in [3.8, 4) is 5.69 Å². The molecule has 2 heterocycles. The number of thioether (sulfide) groups is 1. The average Bonchev–Trinajstić information content (AvgIpc) is 3.26. The van der Waals surface area contributed by atoms with Crippen molar-refractivity contribution in [3.05, 3.63) is 94.3 Å². The Morgan fingerprint density at radius 1 is 1.03 bits per heavy atom. The van der Waals surface area contributed by atoms with Crippen LogP contribution in [0.5, 0.6) is 0 Å². The summed E-state index contributed by atoms with van der Waals surface area (Å²) in [5.41, 5.74) is 1.78. The van der Waals surface area contributed by atoms with E-state index in [-0.39, 0.29) is 11.2 Å². The van der Waals surface area contributed by atoms with E-state index in [1.807, 2.05) is 31.2 Å². The van der Waals surface area contributed by atoms with E-state index in [1.165, 1.54) is 4.57 Å². The Morgan fingerprint density at radius 3 is 2.54 bits per heavy atom. The van der Waals surface area contributed by atoms with E-state index in [1.54, 1.807) is 35.6 Å². The van der Waals surface area contributed by atoms with Crippen LogP contribution in [0.2, 0.25) is 0 Å². The number of fused-ring (bicyclic) bond motifs is 3. The third-order valence-corrected chi connectivity index (χ3v) is 6.57. The lowest BCUT2D eigenvalue weighted by molar-refractivity contribution is -0.115. The van der Waals surface area contributed by atoms with Gasteiger partial charge in [-0.2, -0.15) is 0 Å². The van der Waals surface area contributed by atoms with Gasteiger partial charge in [0.15, 0.2) is 5.16 Å². The first-order valence-electron chi connectivity index (χ1n) is 10.7. The van der Waals surface area contributed by atoms with Crippen LogP contribution in [0.25, 0.3) is 22.4 Å². The monoisotopic (exact) mass is 491 g/mol. The lowest BCUT2D eigenvalue weighted by atomic mass is 10.2. The maximum absolute atomic E-state index is 14.0. The molecule has 0 bridgehead atoms. The number of halogens is 2. The molecule has 1 amide bonds. The number of anilines is 1. The Labute approximate surface area is 202 Å². The number of hydrogen-bond donors (Lipinski definition) is 1. The number of carbonyl (C=O) groups is 1. The highest BCUT2D eigenvalue weighted by molar-refractivity contribution is 8.00. The summed E-state index contributed by atoms with van der Waals surface area (Å²) in [6, 6.07) is 17.4. The maximum atomic E-state index is 14.0. The quantitative estimate of drug-likeness (QED) is 0.359. The van der Waals surface area contributed by atoms with Gasteiger partial charge in [0, 0.05) is 6.07 Å². The van der Waals surface area contributed by atoms with E-state index in [2.05, 4.69) is 15.5 Å². The molecule has 0 radical (unpaired) electrons. The van der Waals surface area contributed by atoms with Gasteiger partial charge in [0.1, 0.15) is 11.6 Å². The van der Waals surface area contributed by atoms with E-state index in [9.17, 15) is 18.4 Å². The van der Waals surface area contributed by atoms with Crippen molar-refractivity contribution in [2.75, 3.05) is 5.32 Å². The van der Waals surface area contributed by atoms with Crippen LogP contribution < -0.4 is 10.9 Å². The van der Waals surface area contributed by atoms with E-state index in [4.69, 9.17) is 0 Å². The molecule has 0 saturated heterocycles. The van der Waals surface area contributed by atoms with Crippen molar-refractivity contribution in [2.24, 2.45) is 0 Å². The molecule has 0 aliphatic rings. The second kappa shape index (κ2) is 8.95. The first-order valence-corrected chi connectivity index (χ1v) is 11.6. The molecule has 7 nitrogen and oxygen atoms in total. The highest BCUT2D eigenvalue weighted by Crippen LogP contribution is 2.27. The van der Waals surface area contributed by atoms with E-state index in [0.717, 1.165) is 35.5 Å². The van der Waals surface area contributed by atoms with E-state index in [0.29, 0.717) is 27.5 Å². The number of amides is 1. The zero-order chi connectivity index (χ0) is 24.7. The molecule has 3 aromatic carbocycles. The van der Waals surface area contributed by atoms with Crippen molar-refractivity contribution < 1.29 is 13.6 Å². The fourth-order valence-electron chi connectivity index (χ4n) is 3.72. The zero-order valence-corrected chi connectivity index (χ0v) is 19.5. The number of aryl methyl sites for hydroxylation is 1. The predicted molar refractivity (Wildman–Crippen MR) is 131 cm³/mol. The van der Waals surface area contributed by atoms with Crippen molar-refractivity contribution in [3.63, 3.8) is 0 Å². The van der Waals surface area contributed by atoms with Crippen molar-refractivity contribution in [1.82, 2.24) is 19.2 Å². The first-order chi connectivity index (χ1) is 16.8. The summed E-state index contributed by atoms with van der Waals surface area (Å²) in [7, 11) is 0. The predicted octanol–water partition coefficient (Wildman–Crippen LogP) is 4.74. The van der Waals surface area contributed by atoms with Gasteiger partial charge in [-0.3, -0.25) is 14.0 Å². The van der Waals surface area contributed by atoms with Gasteiger partial charge >= 0.3 is 0 Å². The number of benzene rings is 3. The van der Waals surface area contributed by atoms with Crippen LogP contribution in [0, 0.1) is 18.6 Å². The van der Waals surface area contributed by atoms with Gasteiger partial charge in [0.05, 0.1) is 27.5 Å². The summed E-state index contributed by atoms with van der Waals surface area (Å²) in [4.78, 5) is 26.1. The highest BCUT2D eigenvalue weighted by atomic mass is 32.2. The molecular weight excluding hydrogens is 472 g/mol. The number of nitrogens with zero attached hydrogens (tertiary/aromatic N) is 4. The SMILES string of the molecule is Cc1ccc(-n2c(=O)c3ccccc3n3c(SC(C)C(=O)Nc4cc(F)ccc4F)nnc23)cc1. The van der Waals surface area contributed by atoms with E-state index >= 15 is 0 Å². The molecule has 1 atom stereocenters. The molecule has 1 unspecified atom stereocenters. The number of aromatic nitrogens is 4. The van der Waals surface area contributed by atoms with Gasteiger partial charge in [-0.15, -0.1) is 10.2 Å². The zero-order valence-electron chi connectivity index (χ0n) is 18.7. The number of para-hydroxylation sites is 1. The van der Waals surface area contributed by atoms with Gasteiger partial charge in [-0.25, -0.2) is 13.3 Å². The third-order valence-electron chi connectivity index (χ3n) is 5.52. The molecule has 0 fully saturated rings. The molecule has 35 heavy (non-hydrogen) atoms. The van der Waals surface area contributed by atoms with E-state index < -0.39 is 22.8 Å². The van der Waals surface area contributed by atoms with Crippen LogP contribution in [0.15, 0.2) is 76.7 Å². The van der Waals surface area contributed by atoms with Gasteiger partial charge in [-0.05, 0) is 50.2 Å². The van der Waals surface area contributed by atoms with Crippen LogP contribution >= 0.6 is 11.8 Å². The molecule has 0 aliphatic heterocycles. The Hall–Kier alpha value is -4.05. The van der Waals surface area contributed by atoms with Gasteiger partial charge < -0.3 is 5.32 Å². The second-order valence-electron chi connectivity index (χ2n) is 7.98. The topological polar surface area (TPSA) is 81.3 Å². The minimum atomic E-state index is -0.738. The van der Waals surface area contributed by atoms with Crippen molar-refractivity contribution in [2.45, 2.75) is 24.3 Å². The molecule has 2 aromatic heterocycles. The number of nitrogens with one attached hydrogen (secondary N) is 1. The molecule has 176 valence electrons. The van der Waals surface area contributed by atoms with Crippen LogP contribution in [0.3, 0.4) is 0 Å². The van der Waals surface area contributed by atoms with Crippen LogP contribution in [0.4, 0.5) is 14.5 Å². The van der Waals surface area contributed by atoms with Crippen LogP contribution in [-0.4, -0.2) is 30.3 Å².